The summed E-state index contributed by atoms with van der Waals surface area (Å²) in [6.07, 6.45) is 0. The summed E-state index contributed by atoms with van der Waals surface area (Å²) < 4.78 is 5.44. The van der Waals surface area contributed by atoms with E-state index >= 15 is 0 Å². The van der Waals surface area contributed by atoms with Crippen LogP contribution < -0.4 is 9.64 Å². The molecule has 0 unspecified atom stereocenters. The molecule has 19 heavy (non-hydrogen) atoms. The first kappa shape index (κ1) is 11.8. The number of hydrogen-bond donors (Lipinski definition) is 0. The molecule has 1 amide bonds. The van der Waals surface area contributed by atoms with Gasteiger partial charge in [0.05, 0.1) is 12.2 Å². The highest BCUT2D eigenvalue weighted by atomic mass is 16.5. The van der Waals surface area contributed by atoms with Crippen LogP contribution in [0.15, 0.2) is 48.5 Å². The zero-order chi connectivity index (χ0) is 13.2. The van der Waals surface area contributed by atoms with Crippen LogP contribution in [0.25, 0.3) is 0 Å². The first-order valence-electron chi connectivity index (χ1n) is 6.32. The highest BCUT2D eigenvalue weighted by Gasteiger charge is 2.25. The maximum Gasteiger partial charge on any atom is 0.265 e. The minimum absolute atomic E-state index is 0.00181. The SMILES string of the molecule is Cc1ccccc1CN1C(=O)COc2ccccc21. The molecule has 1 heterocycles. The molecule has 0 spiro atoms. The quantitative estimate of drug-likeness (QED) is 0.823. The molecule has 1 aliphatic rings. The Labute approximate surface area is 112 Å². The fourth-order valence-electron chi connectivity index (χ4n) is 2.29. The zero-order valence-electron chi connectivity index (χ0n) is 10.8. The molecule has 3 nitrogen and oxygen atoms in total. The fraction of sp³-hybridized carbons (Fsp3) is 0.188. The molecule has 0 radical (unpaired) electrons. The molecular formula is C16H15NO2. The molecule has 0 saturated heterocycles. The summed E-state index contributed by atoms with van der Waals surface area (Å²) in [4.78, 5) is 13.9. The Kier molecular flexibility index (Phi) is 2.95. The summed E-state index contributed by atoms with van der Waals surface area (Å²) in [6, 6.07) is 15.8. The molecule has 0 atom stereocenters. The van der Waals surface area contributed by atoms with Gasteiger partial charge in [0.25, 0.3) is 5.91 Å². The molecule has 0 bridgehead atoms. The van der Waals surface area contributed by atoms with Gasteiger partial charge in [-0.05, 0) is 30.2 Å². The Morgan fingerprint density at radius 2 is 1.84 bits per heavy atom. The Morgan fingerprint density at radius 1 is 1.11 bits per heavy atom. The molecule has 2 aromatic rings. The lowest BCUT2D eigenvalue weighted by molar-refractivity contribution is -0.121. The molecule has 0 aromatic heterocycles. The summed E-state index contributed by atoms with van der Waals surface area (Å²) in [6.45, 7) is 2.76. The maximum absolute atomic E-state index is 12.1. The fourth-order valence-corrected chi connectivity index (χ4v) is 2.29. The number of anilines is 1. The number of rotatable bonds is 2. The van der Waals surface area contributed by atoms with Crippen LogP contribution in [0.2, 0.25) is 0 Å². The molecule has 2 aromatic carbocycles. The van der Waals surface area contributed by atoms with E-state index in [2.05, 4.69) is 19.1 Å². The number of fused-ring (bicyclic) bond motifs is 1. The predicted molar refractivity (Wildman–Crippen MR) is 74.3 cm³/mol. The summed E-state index contributed by atoms with van der Waals surface area (Å²) in [5.74, 6) is 0.776. The van der Waals surface area contributed by atoms with Crippen LogP contribution in [0.1, 0.15) is 11.1 Å². The van der Waals surface area contributed by atoms with Gasteiger partial charge in [-0.15, -0.1) is 0 Å². The van der Waals surface area contributed by atoms with E-state index in [9.17, 15) is 4.79 Å². The van der Waals surface area contributed by atoms with Crippen molar-refractivity contribution in [2.24, 2.45) is 0 Å². The van der Waals surface area contributed by atoms with Gasteiger partial charge in [0.15, 0.2) is 6.61 Å². The van der Waals surface area contributed by atoms with Gasteiger partial charge in [0.1, 0.15) is 5.75 Å². The first-order chi connectivity index (χ1) is 9.25. The van der Waals surface area contributed by atoms with Gasteiger partial charge in [-0.3, -0.25) is 4.79 Å². The lowest BCUT2D eigenvalue weighted by Gasteiger charge is -2.29. The number of carbonyl (C=O) groups is 1. The monoisotopic (exact) mass is 253 g/mol. The number of benzene rings is 2. The summed E-state index contributed by atoms with van der Waals surface area (Å²) >= 11 is 0. The summed E-state index contributed by atoms with van der Waals surface area (Å²) in [5.41, 5.74) is 3.20. The second-order valence-electron chi connectivity index (χ2n) is 4.66. The zero-order valence-corrected chi connectivity index (χ0v) is 10.8. The van der Waals surface area contributed by atoms with E-state index in [-0.39, 0.29) is 12.5 Å². The van der Waals surface area contributed by atoms with Crippen LogP contribution in [0.5, 0.6) is 5.75 Å². The molecule has 0 saturated carbocycles. The maximum atomic E-state index is 12.1. The number of carbonyl (C=O) groups excluding carboxylic acids is 1. The molecular weight excluding hydrogens is 238 g/mol. The van der Waals surface area contributed by atoms with Crippen molar-refractivity contribution < 1.29 is 9.53 Å². The highest BCUT2D eigenvalue weighted by Crippen LogP contribution is 2.32. The van der Waals surface area contributed by atoms with E-state index in [4.69, 9.17) is 4.74 Å². The number of aryl methyl sites for hydroxylation is 1. The normalized spacial score (nSPS) is 13.9. The smallest absolute Gasteiger partial charge is 0.265 e. The van der Waals surface area contributed by atoms with E-state index < -0.39 is 0 Å². The van der Waals surface area contributed by atoms with Crippen molar-refractivity contribution in [3.05, 3.63) is 59.7 Å². The van der Waals surface area contributed by atoms with Crippen LogP contribution in [0.4, 0.5) is 5.69 Å². The van der Waals surface area contributed by atoms with E-state index in [1.54, 1.807) is 4.90 Å². The van der Waals surface area contributed by atoms with Crippen molar-refractivity contribution in [3.8, 4) is 5.75 Å². The molecule has 3 heteroatoms. The van der Waals surface area contributed by atoms with Crippen LogP contribution in [-0.2, 0) is 11.3 Å². The van der Waals surface area contributed by atoms with Crippen molar-refractivity contribution in [2.45, 2.75) is 13.5 Å². The molecule has 1 aliphatic heterocycles. The summed E-state index contributed by atoms with van der Waals surface area (Å²) in [5, 5.41) is 0. The van der Waals surface area contributed by atoms with Gasteiger partial charge in [0.2, 0.25) is 0 Å². The van der Waals surface area contributed by atoms with Crippen molar-refractivity contribution in [2.75, 3.05) is 11.5 Å². The molecule has 3 rings (SSSR count). The minimum Gasteiger partial charge on any atom is -0.482 e. The van der Waals surface area contributed by atoms with E-state index in [0.717, 1.165) is 17.0 Å². The van der Waals surface area contributed by atoms with Gasteiger partial charge in [0, 0.05) is 0 Å². The number of para-hydroxylation sites is 2. The van der Waals surface area contributed by atoms with E-state index in [1.165, 1.54) is 5.56 Å². The van der Waals surface area contributed by atoms with Gasteiger partial charge < -0.3 is 9.64 Å². The van der Waals surface area contributed by atoms with E-state index in [1.807, 2.05) is 36.4 Å². The summed E-state index contributed by atoms with van der Waals surface area (Å²) in [7, 11) is 0. The lowest BCUT2D eigenvalue weighted by atomic mass is 10.1. The van der Waals surface area contributed by atoms with Crippen molar-refractivity contribution in [1.82, 2.24) is 0 Å². The standard InChI is InChI=1S/C16H15NO2/c1-12-6-2-3-7-13(12)10-17-14-8-4-5-9-15(14)19-11-16(17)18/h2-9H,10-11H2,1H3. The van der Waals surface area contributed by atoms with Crippen LogP contribution in [0, 0.1) is 6.92 Å². The molecule has 0 N–H and O–H groups in total. The van der Waals surface area contributed by atoms with Crippen LogP contribution in [0.3, 0.4) is 0 Å². The topological polar surface area (TPSA) is 29.5 Å². The molecule has 0 fully saturated rings. The van der Waals surface area contributed by atoms with Gasteiger partial charge in [-0.1, -0.05) is 36.4 Å². The van der Waals surface area contributed by atoms with Gasteiger partial charge in [-0.2, -0.15) is 0 Å². The number of amides is 1. The van der Waals surface area contributed by atoms with Crippen LogP contribution in [-0.4, -0.2) is 12.5 Å². The minimum atomic E-state index is 0.00181. The lowest BCUT2D eigenvalue weighted by Crippen LogP contribution is -2.38. The largest absolute Gasteiger partial charge is 0.482 e. The van der Waals surface area contributed by atoms with Crippen LogP contribution >= 0.6 is 0 Å². The Morgan fingerprint density at radius 3 is 2.68 bits per heavy atom. The number of hydrogen-bond acceptors (Lipinski definition) is 2. The molecule has 0 aliphatic carbocycles. The van der Waals surface area contributed by atoms with Crippen molar-refractivity contribution in [3.63, 3.8) is 0 Å². The second kappa shape index (κ2) is 4.76. The van der Waals surface area contributed by atoms with Crippen molar-refractivity contribution in [1.29, 1.82) is 0 Å². The van der Waals surface area contributed by atoms with Gasteiger partial charge in [-0.25, -0.2) is 0 Å². The molecule has 96 valence electrons. The highest BCUT2D eigenvalue weighted by molar-refractivity contribution is 5.97. The van der Waals surface area contributed by atoms with Gasteiger partial charge >= 0.3 is 0 Å². The number of nitrogens with zero attached hydrogens (tertiary/aromatic N) is 1. The Bertz CT molecular complexity index is 622. The Balaban J connectivity index is 1.96. The average molecular weight is 253 g/mol. The third kappa shape index (κ3) is 2.19. The van der Waals surface area contributed by atoms with Crippen molar-refractivity contribution >= 4 is 11.6 Å². The third-order valence-corrected chi connectivity index (χ3v) is 3.40. The van der Waals surface area contributed by atoms with E-state index in [0.29, 0.717) is 6.54 Å². The predicted octanol–water partition coefficient (Wildman–Crippen LogP) is 2.92. The average Bonchev–Trinajstić information content (AvgIpc) is 2.44. The Hall–Kier alpha value is -2.29. The first-order valence-corrected chi connectivity index (χ1v) is 6.32. The number of ether oxygens (including phenoxy) is 1. The second-order valence-corrected chi connectivity index (χ2v) is 4.66. The third-order valence-electron chi connectivity index (χ3n) is 3.40.